The number of hydrogen-bond acceptors (Lipinski definition) is 2. The third-order valence-corrected chi connectivity index (χ3v) is 2.19. The molecule has 1 unspecified atom stereocenters. The molecule has 0 bridgehead atoms. The van der Waals surface area contributed by atoms with Crippen molar-refractivity contribution >= 4 is 5.91 Å². The SMILES string of the molecule is C=C(C)C(=O)NC(CCC)NCCCC. The fourth-order valence-electron chi connectivity index (χ4n) is 1.25. The van der Waals surface area contributed by atoms with Gasteiger partial charge in [0, 0.05) is 5.57 Å². The van der Waals surface area contributed by atoms with E-state index in [4.69, 9.17) is 0 Å². The Labute approximate surface area is 93.3 Å². The summed E-state index contributed by atoms with van der Waals surface area (Å²) in [5, 5.41) is 6.26. The molecule has 0 aliphatic heterocycles. The zero-order valence-corrected chi connectivity index (χ0v) is 10.2. The molecule has 1 amide bonds. The second kappa shape index (κ2) is 8.48. The Bertz CT molecular complexity index is 202. The Hall–Kier alpha value is -0.830. The third kappa shape index (κ3) is 7.14. The number of nitrogens with one attached hydrogen (secondary N) is 2. The van der Waals surface area contributed by atoms with Gasteiger partial charge in [-0.05, 0) is 26.3 Å². The van der Waals surface area contributed by atoms with Crippen molar-refractivity contribution in [3.05, 3.63) is 12.2 Å². The maximum absolute atomic E-state index is 11.4. The van der Waals surface area contributed by atoms with E-state index >= 15 is 0 Å². The molecule has 0 rings (SSSR count). The second-order valence-electron chi connectivity index (χ2n) is 3.90. The molecule has 0 radical (unpaired) electrons. The molecular weight excluding hydrogens is 188 g/mol. The molecule has 15 heavy (non-hydrogen) atoms. The van der Waals surface area contributed by atoms with Crippen LogP contribution in [0.2, 0.25) is 0 Å². The van der Waals surface area contributed by atoms with E-state index in [1.165, 1.54) is 6.42 Å². The molecular formula is C12H24N2O. The molecule has 2 N–H and O–H groups in total. The average molecular weight is 212 g/mol. The van der Waals surface area contributed by atoms with Crippen molar-refractivity contribution in [3.8, 4) is 0 Å². The summed E-state index contributed by atoms with van der Waals surface area (Å²) in [7, 11) is 0. The fourth-order valence-corrected chi connectivity index (χ4v) is 1.25. The van der Waals surface area contributed by atoms with Gasteiger partial charge in [-0.1, -0.05) is 33.3 Å². The molecule has 0 aliphatic carbocycles. The van der Waals surface area contributed by atoms with Crippen LogP contribution in [0, 0.1) is 0 Å². The standard InChI is InChI=1S/C12H24N2O/c1-5-7-9-13-11(8-6-2)14-12(15)10(3)4/h11,13H,3,5-9H2,1-2,4H3,(H,14,15). The number of carbonyl (C=O) groups excluding carboxylic acids is 1. The van der Waals surface area contributed by atoms with E-state index in [0.717, 1.165) is 25.8 Å². The summed E-state index contributed by atoms with van der Waals surface area (Å²) in [6.07, 6.45) is 4.41. The first-order valence-corrected chi connectivity index (χ1v) is 5.81. The normalized spacial score (nSPS) is 12.2. The maximum atomic E-state index is 11.4. The molecule has 0 saturated carbocycles. The van der Waals surface area contributed by atoms with Crippen LogP contribution in [0.4, 0.5) is 0 Å². The highest BCUT2D eigenvalue weighted by Gasteiger charge is 2.10. The van der Waals surface area contributed by atoms with E-state index in [1.807, 2.05) is 0 Å². The predicted molar refractivity (Wildman–Crippen MR) is 64.6 cm³/mol. The highest BCUT2D eigenvalue weighted by atomic mass is 16.1. The zero-order valence-electron chi connectivity index (χ0n) is 10.2. The van der Waals surface area contributed by atoms with E-state index in [0.29, 0.717) is 5.57 Å². The summed E-state index contributed by atoms with van der Waals surface area (Å²) < 4.78 is 0. The maximum Gasteiger partial charge on any atom is 0.247 e. The highest BCUT2D eigenvalue weighted by Crippen LogP contribution is 1.96. The van der Waals surface area contributed by atoms with Gasteiger partial charge in [-0.15, -0.1) is 0 Å². The minimum absolute atomic E-state index is 0.0579. The number of unbranched alkanes of at least 4 members (excludes halogenated alkanes) is 1. The number of carbonyl (C=O) groups is 1. The van der Waals surface area contributed by atoms with Gasteiger partial charge in [0.05, 0.1) is 6.17 Å². The van der Waals surface area contributed by atoms with Crippen LogP contribution in [0.15, 0.2) is 12.2 Å². The van der Waals surface area contributed by atoms with E-state index < -0.39 is 0 Å². The van der Waals surface area contributed by atoms with E-state index in [2.05, 4.69) is 31.1 Å². The van der Waals surface area contributed by atoms with E-state index in [-0.39, 0.29) is 12.1 Å². The van der Waals surface area contributed by atoms with Gasteiger partial charge in [0.15, 0.2) is 0 Å². The number of amides is 1. The molecule has 0 aromatic heterocycles. The van der Waals surface area contributed by atoms with Crippen molar-refractivity contribution in [2.24, 2.45) is 0 Å². The summed E-state index contributed by atoms with van der Waals surface area (Å²) in [6.45, 7) is 10.6. The molecule has 0 aliphatic rings. The van der Waals surface area contributed by atoms with Gasteiger partial charge >= 0.3 is 0 Å². The Morgan fingerprint density at radius 3 is 2.47 bits per heavy atom. The van der Waals surface area contributed by atoms with Crippen LogP contribution < -0.4 is 10.6 Å². The van der Waals surface area contributed by atoms with Crippen LogP contribution in [0.3, 0.4) is 0 Å². The van der Waals surface area contributed by atoms with Crippen LogP contribution >= 0.6 is 0 Å². The van der Waals surface area contributed by atoms with Gasteiger partial charge in [-0.2, -0.15) is 0 Å². The molecule has 88 valence electrons. The van der Waals surface area contributed by atoms with Crippen LogP contribution in [-0.4, -0.2) is 18.6 Å². The van der Waals surface area contributed by atoms with Gasteiger partial charge in [-0.25, -0.2) is 0 Å². The first kappa shape index (κ1) is 14.2. The summed E-state index contributed by atoms with van der Waals surface area (Å²) in [6, 6.07) is 0. The average Bonchev–Trinajstić information content (AvgIpc) is 2.18. The van der Waals surface area contributed by atoms with Crippen molar-refractivity contribution in [2.45, 2.75) is 52.6 Å². The van der Waals surface area contributed by atoms with E-state index in [1.54, 1.807) is 6.92 Å². The number of rotatable bonds is 8. The van der Waals surface area contributed by atoms with Crippen molar-refractivity contribution in [1.82, 2.24) is 10.6 Å². The molecule has 1 atom stereocenters. The van der Waals surface area contributed by atoms with Gasteiger partial charge in [0.25, 0.3) is 0 Å². The van der Waals surface area contributed by atoms with Crippen LogP contribution in [0.1, 0.15) is 46.5 Å². The minimum atomic E-state index is -0.0579. The van der Waals surface area contributed by atoms with Crippen molar-refractivity contribution < 1.29 is 4.79 Å². The van der Waals surface area contributed by atoms with Crippen LogP contribution in [-0.2, 0) is 4.79 Å². The third-order valence-electron chi connectivity index (χ3n) is 2.19. The largest absolute Gasteiger partial charge is 0.337 e. The van der Waals surface area contributed by atoms with Gasteiger partial charge in [-0.3, -0.25) is 10.1 Å². The first-order valence-electron chi connectivity index (χ1n) is 5.81. The Balaban J connectivity index is 3.91. The number of hydrogen-bond donors (Lipinski definition) is 2. The fraction of sp³-hybridized carbons (Fsp3) is 0.750. The Morgan fingerprint density at radius 1 is 1.33 bits per heavy atom. The zero-order chi connectivity index (χ0) is 11.7. The molecule has 0 heterocycles. The minimum Gasteiger partial charge on any atom is -0.337 e. The lowest BCUT2D eigenvalue weighted by molar-refractivity contribution is -0.118. The molecule has 0 fully saturated rings. The monoisotopic (exact) mass is 212 g/mol. The lowest BCUT2D eigenvalue weighted by Gasteiger charge is -2.19. The Morgan fingerprint density at radius 2 is 2.00 bits per heavy atom. The summed E-state index contributed by atoms with van der Waals surface area (Å²) >= 11 is 0. The topological polar surface area (TPSA) is 41.1 Å². The van der Waals surface area contributed by atoms with Gasteiger partial charge in [0.1, 0.15) is 0 Å². The highest BCUT2D eigenvalue weighted by molar-refractivity contribution is 5.92. The molecule has 3 nitrogen and oxygen atoms in total. The first-order chi connectivity index (χ1) is 7.11. The van der Waals surface area contributed by atoms with Crippen LogP contribution in [0.5, 0.6) is 0 Å². The van der Waals surface area contributed by atoms with Gasteiger partial charge < -0.3 is 5.32 Å². The second-order valence-corrected chi connectivity index (χ2v) is 3.90. The smallest absolute Gasteiger partial charge is 0.247 e. The molecule has 0 aromatic carbocycles. The lowest BCUT2D eigenvalue weighted by Crippen LogP contribution is -2.45. The summed E-state index contributed by atoms with van der Waals surface area (Å²) in [5.74, 6) is -0.0579. The van der Waals surface area contributed by atoms with Crippen molar-refractivity contribution in [2.75, 3.05) is 6.54 Å². The molecule has 3 heteroatoms. The van der Waals surface area contributed by atoms with Crippen LogP contribution in [0.25, 0.3) is 0 Å². The molecule has 0 spiro atoms. The van der Waals surface area contributed by atoms with Crippen molar-refractivity contribution in [3.63, 3.8) is 0 Å². The molecule has 0 aromatic rings. The van der Waals surface area contributed by atoms with Crippen molar-refractivity contribution in [1.29, 1.82) is 0 Å². The van der Waals surface area contributed by atoms with Gasteiger partial charge in [0.2, 0.25) is 5.91 Å². The Kier molecular flexibility index (Phi) is 8.01. The summed E-state index contributed by atoms with van der Waals surface area (Å²) in [4.78, 5) is 11.4. The predicted octanol–water partition coefficient (Wildman–Crippen LogP) is 2.19. The quantitative estimate of drug-likeness (QED) is 0.368. The molecule has 0 saturated heterocycles. The lowest BCUT2D eigenvalue weighted by atomic mass is 10.2. The summed E-state index contributed by atoms with van der Waals surface area (Å²) in [5.41, 5.74) is 0.563. The van der Waals surface area contributed by atoms with E-state index in [9.17, 15) is 4.79 Å².